The van der Waals surface area contributed by atoms with Crippen molar-refractivity contribution < 1.29 is 23.5 Å². The molecule has 0 radical (unpaired) electrons. The number of carbonyl (C=O) groups is 2. The summed E-state index contributed by atoms with van der Waals surface area (Å²) in [6.07, 6.45) is -1.12. The van der Waals surface area contributed by atoms with Crippen molar-refractivity contribution in [1.82, 2.24) is 10.2 Å². The van der Waals surface area contributed by atoms with E-state index in [1.807, 2.05) is 30.3 Å². The van der Waals surface area contributed by atoms with E-state index in [1.165, 1.54) is 11.8 Å². The van der Waals surface area contributed by atoms with Crippen molar-refractivity contribution in [2.24, 2.45) is 0 Å². The van der Waals surface area contributed by atoms with Gasteiger partial charge in [-0.05, 0) is 33.3 Å². The minimum atomic E-state index is -1.62. The second-order valence-corrected chi connectivity index (χ2v) is 7.88. The van der Waals surface area contributed by atoms with Gasteiger partial charge in [-0.1, -0.05) is 30.3 Å². The molecule has 26 heavy (non-hydrogen) atoms. The largest absolute Gasteiger partial charge is 0.445 e. The molecule has 6 nitrogen and oxygen atoms in total. The van der Waals surface area contributed by atoms with Crippen molar-refractivity contribution >= 4 is 12.2 Å². The monoisotopic (exact) mass is 366 g/mol. The fraction of sp³-hybridized carbons (Fsp3) is 0.579. The van der Waals surface area contributed by atoms with Crippen LogP contribution < -0.4 is 5.32 Å². The first-order valence-corrected chi connectivity index (χ1v) is 8.68. The van der Waals surface area contributed by atoms with Crippen LogP contribution in [0.3, 0.4) is 0 Å². The van der Waals surface area contributed by atoms with Crippen molar-refractivity contribution in [3.8, 4) is 0 Å². The summed E-state index contributed by atoms with van der Waals surface area (Å²) in [4.78, 5) is 25.5. The molecule has 144 valence electrons. The van der Waals surface area contributed by atoms with Gasteiger partial charge in [0.25, 0.3) is 0 Å². The number of hydrogen-bond donors (Lipinski definition) is 1. The Morgan fingerprint density at radius 3 is 2.58 bits per heavy atom. The summed E-state index contributed by atoms with van der Waals surface area (Å²) in [6.45, 7) is 6.87. The third kappa shape index (κ3) is 6.54. The van der Waals surface area contributed by atoms with Gasteiger partial charge in [-0.2, -0.15) is 0 Å². The number of halogens is 1. The van der Waals surface area contributed by atoms with Crippen LogP contribution >= 0.6 is 0 Å². The molecule has 0 aromatic heterocycles. The zero-order valence-corrected chi connectivity index (χ0v) is 15.8. The average Bonchev–Trinajstić information content (AvgIpc) is 2.50. The Morgan fingerprint density at radius 2 is 1.96 bits per heavy atom. The molecule has 0 saturated carbocycles. The summed E-state index contributed by atoms with van der Waals surface area (Å²) in [5.41, 5.74) is -1.42. The molecule has 1 fully saturated rings. The highest BCUT2D eigenvalue weighted by Crippen LogP contribution is 2.26. The smallest absolute Gasteiger partial charge is 0.410 e. The summed E-state index contributed by atoms with van der Waals surface area (Å²) < 4.78 is 25.1. The lowest BCUT2D eigenvalue weighted by Crippen LogP contribution is -2.57. The second kappa shape index (κ2) is 7.93. The first-order valence-electron chi connectivity index (χ1n) is 8.68. The van der Waals surface area contributed by atoms with Crippen LogP contribution in [0.4, 0.5) is 14.0 Å². The van der Waals surface area contributed by atoms with Gasteiger partial charge in [0.05, 0.1) is 12.6 Å². The minimum Gasteiger partial charge on any atom is -0.445 e. The van der Waals surface area contributed by atoms with E-state index in [1.54, 1.807) is 20.8 Å². The van der Waals surface area contributed by atoms with Crippen LogP contribution in [0.15, 0.2) is 30.3 Å². The standard InChI is InChI=1S/C19H27FN2O4/c1-18(2,3)26-16(23)21-15-10-19(4,20)13-22(11-15)17(24)25-12-14-8-6-5-7-9-14/h5-9,15H,10-13H2,1-4H3,(H,21,23)/t15-,19-/m0/s1. The summed E-state index contributed by atoms with van der Waals surface area (Å²) in [5.74, 6) is 0. The number of hydrogen-bond acceptors (Lipinski definition) is 4. The minimum absolute atomic E-state index is 0.0763. The number of amides is 2. The number of ether oxygens (including phenoxy) is 2. The summed E-state index contributed by atoms with van der Waals surface area (Å²) in [6, 6.07) is 8.72. The molecule has 1 N–H and O–H groups in total. The predicted molar refractivity (Wildman–Crippen MR) is 95.5 cm³/mol. The van der Waals surface area contributed by atoms with E-state index in [4.69, 9.17) is 9.47 Å². The molecule has 1 heterocycles. The zero-order chi connectivity index (χ0) is 19.4. The fourth-order valence-corrected chi connectivity index (χ4v) is 2.89. The maximum absolute atomic E-state index is 14.6. The lowest BCUT2D eigenvalue weighted by molar-refractivity contribution is 0.0165. The lowest BCUT2D eigenvalue weighted by Gasteiger charge is -2.39. The Kier molecular flexibility index (Phi) is 6.10. The maximum atomic E-state index is 14.6. The highest BCUT2D eigenvalue weighted by Gasteiger charge is 2.40. The quantitative estimate of drug-likeness (QED) is 0.887. The Balaban J connectivity index is 1.93. The number of alkyl carbamates (subject to hydrolysis) is 1. The van der Waals surface area contributed by atoms with Crippen LogP contribution in [0.5, 0.6) is 0 Å². The summed E-state index contributed by atoms with van der Waals surface area (Å²) in [7, 11) is 0. The average molecular weight is 366 g/mol. The summed E-state index contributed by atoms with van der Waals surface area (Å²) >= 11 is 0. The van der Waals surface area contributed by atoms with Gasteiger partial charge in [-0.25, -0.2) is 14.0 Å². The molecule has 0 spiro atoms. The first-order chi connectivity index (χ1) is 12.0. The number of piperidine rings is 1. The molecule has 1 aromatic rings. The van der Waals surface area contributed by atoms with Crippen molar-refractivity contribution in [1.29, 1.82) is 0 Å². The number of likely N-dealkylation sites (tertiary alicyclic amines) is 1. The first kappa shape index (κ1) is 20.0. The number of nitrogens with one attached hydrogen (secondary N) is 1. The molecule has 1 aromatic carbocycles. The Morgan fingerprint density at radius 1 is 1.31 bits per heavy atom. The normalized spacial score (nSPS) is 23.3. The molecule has 1 aliphatic rings. The van der Waals surface area contributed by atoms with Crippen LogP contribution in [-0.2, 0) is 16.1 Å². The van der Waals surface area contributed by atoms with Crippen LogP contribution in [0.1, 0.15) is 39.7 Å². The number of nitrogens with zero attached hydrogens (tertiary/aromatic N) is 1. The Bertz CT molecular complexity index is 628. The van der Waals surface area contributed by atoms with E-state index in [2.05, 4.69) is 5.32 Å². The molecule has 7 heteroatoms. The van der Waals surface area contributed by atoms with Gasteiger partial charge in [-0.3, -0.25) is 0 Å². The van der Waals surface area contributed by atoms with E-state index < -0.39 is 29.5 Å². The molecule has 0 aliphatic carbocycles. The molecule has 2 rings (SSSR count). The van der Waals surface area contributed by atoms with Crippen molar-refractivity contribution in [3.05, 3.63) is 35.9 Å². The SMILES string of the molecule is CC(C)(C)OC(=O)N[C@@H]1CN(C(=O)OCc2ccccc2)C[C@@](C)(F)C1. The van der Waals surface area contributed by atoms with Crippen LogP contribution in [-0.4, -0.2) is 47.5 Å². The molecular formula is C19H27FN2O4. The molecule has 1 saturated heterocycles. The van der Waals surface area contributed by atoms with E-state index in [9.17, 15) is 14.0 Å². The third-order valence-electron chi connectivity index (χ3n) is 3.82. The van der Waals surface area contributed by atoms with Gasteiger partial charge >= 0.3 is 12.2 Å². The lowest BCUT2D eigenvalue weighted by atomic mass is 9.93. The number of carbonyl (C=O) groups excluding carboxylic acids is 2. The number of rotatable bonds is 3. The van der Waals surface area contributed by atoms with Gasteiger partial charge in [0.15, 0.2) is 0 Å². The van der Waals surface area contributed by atoms with Gasteiger partial charge in [0.2, 0.25) is 0 Å². The predicted octanol–water partition coefficient (Wildman–Crippen LogP) is 3.65. The Hall–Kier alpha value is -2.31. The maximum Gasteiger partial charge on any atom is 0.410 e. The van der Waals surface area contributed by atoms with E-state index in [0.717, 1.165) is 5.56 Å². The fourth-order valence-electron chi connectivity index (χ4n) is 2.89. The molecule has 2 amide bonds. The topological polar surface area (TPSA) is 67.9 Å². The number of alkyl halides is 1. The zero-order valence-electron chi connectivity index (χ0n) is 15.8. The van der Waals surface area contributed by atoms with Gasteiger partial charge in [0.1, 0.15) is 17.9 Å². The van der Waals surface area contributed by atoms with Gasteiger partial charge in [-0.15, -0.1) is 0 Å². The van der Waals surface area contributed by atoms with Crippen molar-refractivity contribution in [2.45, 2.75) is 58.0 Å². The van der Waals surface area contributed by atoms with Crippen molar-refractivity contribution in [2.75, 3.05) is 13.1 Å². The molecule has 2 atom stereocenters. The molecule has 0 bridgehead atoms. The van der Waals surface area contributed by atoms with Crippen molar-refractivity contribution in [3.63, 3.8) is 0 Å². The third-order valence-corrected chi connectivity index (χ3v) is 3.82. The van der Waals surface area contributed by atoms with Crippen LogP contribution in [0, 0.1) is 0 Å². The molecule has 1 aliphatic heterocycles. The van der Waals surface area contributed by atoms with Crippen LogP contribution in [0.2, 0.25) is 0 Å². The summed E-state index contributed by atoms with van der Waals surface area (Å²) in [5, 5.41) is 2.64. The highest BCUT2D eigenvalue weighted by molar-refractivity contribution is 5.70. The van der Waals surface area contributed by atoms with E-state index in [-0.39, 0.29) is 26.1 Å². The second-order valence-electron chi connectivity index (χ2n) is 7.88. The highest BCUT2D eigenvalue weighted by atomic mass is 19.1. The Labute approximate surface area is 153 Å². The van der Waals surface area contributed by atoms with Gasteiger partial charge in [0, 0.05) is 13.0 Å². The van der Waals surface area contributed by atoms with Crippen LogP contribution in [0.25, 0.3) is 0 Å². The van der Waals surface area contributed by atoms with E-state index in [0.29, 0.717) is 0 Å². The molecular weight excluding hydrogens is 339 g/mol. The van der Waals surface area contributed by atoms with E-state index >= 15 is 0 Å². The molecule has 0 unspecified atom stereocenters. The van der Waals surface area contributed by atoms with Gasteiger partial charge < -0.3 is 19.7 Å². The number of benzene rings is 1.